The van der Waals surface area contributed by atoms with Gasteiger partial charge < -0.3 is 15.3 Å². The number of aliphatic hydroxyl groups excluding tert-OH is 1. The molecule has 106 valence electrons. The SMILES string of the molecule is CCCN(CCC)C(=O)Nc1cccc(C(C)O)c1. The predicted octanol–water partition coefficient (Wildman–Crippen LogP) is 3.39. The zero-order valence-corrected chi connectivity index (χ0v) is 12.0. The first-order chi connectivity index (χ1) is 9.08. The fourth-order valence-corrected chi connectivity index (χ4v) is 1.93. The number of hydrogen-bond donors (Lipinski definition) is 2. The van der Waals surface area contributed by atoms with E-state index in [0.717, 1.165) is 37.2 Å². The number of carbonyl (C=O) groups is 1. The van der Waals surface area contributed by atoms with Gasteiger partial charge in [-0.15, -0.1) is 0 Å². The second-order valence-electron chi connectivity index (χ2n) is 4.72. The molecule has 1 aromatic carbocycles. The summed E-state index contributed by atoms with van der Waals surface area (Å²) in [6.45, 7) is 7.35. The second-order valence-corrected chi connectivity index (χ2v) is 4.72. The molecule has 0 aliphatic heterocycles. The minimum absolute atomic E-state index is 0.0774. The van der Waals surface area contributed by atoms with Gasteiger partial charge in [0.1, 0.15) is 0 Å². The molecule has 19 heavy (non-hydrogen) atoms. The van der Waals surface area contributed by atoms with Crippen molar-refractivity contribution in [3.05, 3.63) is 29.8 Å². The lowest BCUT2D eigenvalue weighted by molar-refractivity contribution is 0.199. The van der Waals surface area contributed by atoms with E-state index >= 15 is 0 Å². The minimum Gasteiger partial charge on any atom is -0.389 e. The van der Waals surface area contributed by atoms with Gasteiger partial charge in [0, 0.05) is 18.8 Å². The smallest absolute Gasteiger partial charge is 0.321 e. The highest BCUT2D eigenvalue weighted by Crippen LogP contribution is 2.17. The van der Waals surface area contributed by atoms with Gasteiger partial charge in [0.05, 0.1) is 6.10 Å². The molecule has 0 spiro atoms. The zero-order valence-electron chi connectivity index (χ0n) is 12.0. The molecular weight excluding hydrogens is 240 g/mol. The van der Waals surface area contributed by atoms with Gasteiger partial charge in [0.25, 0.3) is 0 Å². The lowest BCUT2D eigenvalue weighted by Crippen LogP contribution is -2.36. The number of benzene rings is 1. The highest BCUT2D eigenvalue weighted by molar-refractivity contribution is 5.89. The molecule has 1 unspecified atom stereocenters. The first-order valence-corrected chi connectivity index (χ1v) is 6.92. The van der Waals surface area contributed by atoms with Crippen LogP contribution in [-0.4, -0.2) is 29.1 Å². The molecule has 0 saturated carbocycles. The number of rotatable bonds is 6. The average molecular weight is 264 g/mol. The molecule has 0 saturated heterocycles. The van der Waals surface area contributed by atoms with E-state index in [9.17, 15) is 9.90 Å². The predicted molar refractivity (Wildman–Crippen MR) is 78.2 cm³/mol. The Balaban J connectivity index is 2.71. The Morgan fingerprint density at radius 1 is 1.32 bits per heavy atom. The van der Waals surface area contributed by atoms with Gasteiger partial charge in [-0.1, -0.05) is 26.0 Å². The van der Waals surface area contributed by atoms with Crippen LogP contribution in [0, 0.1) is 0 Å². The molecule has 0 aliphatic carbocycles. The topological polar surface area (TPSA) is 52.6 Å². The van der Waals surface area contributed by atoms with Gasteiger partial charge in [-0.2, -0.15) is 0 Å². The van der Waals surface area contributed by atoms with Crippen LogP contribution in [0.2, 0.25) is 0 Å². The Morgan fingerprint density at radius 2 is 1.95 bits per heavy atom. The lowest BCUT2D eigenvalue weighted by Gasteiger charge is -2.22. The van der Waals surface area contributed by atoms with E-state index in [-0.39, 0.29) is 6.03 Å². The zero-order chi connectivity index (χ0) is 14.3. The molecule has 0 heterocycles. The van der Waals surface area contributed by atoms with Crippen molar-refractivity contribution in [2.24, 2.45) is 0 Å². The third-order valence-electron chi connectivity index (χ3n) is 2.89. The Bertz CT molecular complexity index is 399. The van der Waals surface area contributed by atoms with Crippen molar-refractivity contribution < 1.29 is 9.90 Å². The molecule has 0 radical (unpaired) electrons. The maximum absolute atomic E-state index is 12.1. The van der Waals surface area contributed by atoms with Crippen molar-refractivity contribution in [2.75, 3.05) is 18.4 Å². The van der Waals surface area contributed by atoms with Crippen LogP contribution in [0.3, 0.4) is 0 Å². The number of aliphatic hydroxyl groups is 1. The van der Waals surface area contributed by atoms with E-state index in [1.807, 2.05) is 23.1 Å². The molecule has 0 fully saturated rings. The highest BCUT2D eigenvalue weighted by Gasteiger charge is 2.12. The van der Waals surface area contributed by atoms with Crippen LogP contribution < -0.4 is 5.32 Å². The largest absolute Gasteiger partial charge is 0.389 e. The summed E-state index contributed by atoms with van der Waals surface area (Å²) in [5.74, 6) is 0. The maximum atomic E-state index is 12.1. The number of hydrogen-bond acceptors (Lipinski definition) is 2. The molecule has 2 amide bonds. The number of amides is 2. The number of anilines is 1. The van der Waals surface area contributed by atoms with Crippen LogP contribution in [0.5, 0.6) is 0 Å². The van der Waals surface area contributed by atoms with E-state index in [1.54, 1.807) is 13.0 Å². The van der Waals surface area contributed by atoms with Crippen molar-refractivity contribution in [1.29, 1.82) is 0 Å². The second kappa shape index (κ2) is 7.79. The summed E-state index contributed by atoms with van der Waals surface area (Å²) in [4.78, 5) is 13.9. The first kappa shape index (κ1) is 15.5. The highest BCUT2D eigenvalue weighted by atomic mass is 16.3. The van der Waals surface area contributed by atoms with Gasteiger partial charge in [-0.25, -0.2) is 4.79 Å². The summed E-state index contributed by atoms with van der Waals surface area (Å²) in [5, 5.41) is 12.4. The summed E-state index contributed by atoms with van der Waals surface area (Å²) in [6, 6.07) is 7.24. The summed E-state index contributed by atoms with van der Waals surface area (Å²) in [6.07, 6.45) is 1.36. The first-order valence-electron chi connectivity index (χ1n) is 6.92. The normalized spacial score (nSPS) is 12.0. The Kier molecular flexibility index (Phi) is 6.36. The molecule has 1 atom stereocenters. The van der Waals surface area contributed by atoms with Crippen LogP contribution in [0.25, 0.3) is 0 Å². The van der Waals surface area contributed by atoms with Crippen molar-refractivity contribution in [3.63, 3.8) is 0 Å². The Hall–Kier alpha value is -1.55. The van der Waals surface area contributed by atoms with Gasteiger partial charge in [0.15, 0.2) is 0 Å². The van der Waals surface area contributed by atoms with Crippen LogP contribution >= 0.6 is 0 Å². The van der Waals surface area contributed by atoms with Crippen molar-refractivity contribution in [2.45, 2.75) is 39.7 Å². The van der Waals surface area contributed by atoms with Crippen molar-refractivity contribution in [3.8, 4) is 0 Å². The molecule has 0 bridgehead atoms. The molecule has 2 N–H and O–H groups in total. The molecule has 1 aromatic rings. The maximum Gasteiger partial charge on any atom is 0.321 e. The summed E-state index contributed by atoms with van der Waals surface area (Å²) < 4.78 is 0. The van der Waals surface area contributed by atoms with Gasteiger partial charge in [-0.05, 0) is 37.5 Å². The van der Waals surface area contributed by atoms with E-state index < -0.39 is 6.10 Å². The average Bonchev–Trinajstić information content (AvgIpc) is 2.38. The third-order valence-corrected chi connectivity index (χ3v) is 2.89. The van der Waals surface area contributed by atoms with E-state index in [4.69, 9.17) is 0 Å². The molecule has 1 rings (SSSR count). The number of nitrogens with one attached hydrogen (secondary N) is 1. The fraction of sp³-hybridized carbons (Fsp3) is 0.533. The number of nitrogens with zero attached hydrogens (tertiary/aromatic N) is 1. The lowest BCUT2D eigenvalue weighted by atomic mass is 10.1. The Labute approximate surface area is 115 Å². The van der Waals surface area contributed by atoms with Crippen LogP contribution in [-0.2, 0) is 0 Å². The fourth-order valence-electron chi connectivity index (χ4n) is 1.93. The number of carbonyl (C=O) groups excluding carboxylic acids is 1. The number of urea groups is 1. The Morgan fingerprint density at radius 3 is 2.47 bits per heavy atom. The monoisotopic (exact) mass is 264 g/mol. The minimum atomic E-state index is -0.528. The van der Waals surface area contributed by atoms with Crippen LogP contribution in [0.4, 0.5) is 10.5 Å². The summed E-state index contributed by atoms with van der Waals surface area (Å²) in [5.41, 5.74) is 1.52. The van der Waals surface area contributed by atoms with E-state index in [2.05, 4.69) is 19.2 Å². The third kappa shape index (κ3) is 4.91. The van der Waals surface area contributed by atoms with Crippen LogP contribution in [0.1, 0.15) is 45.3 Å². The van der Waals surface area contributed by atoms with Gasteiger partial charge >= 0.3 is 6.03 Å². The van der Waals surface area contributed by atoms with Gasteiger partial charge in [0.2, 0.25) is 0 Å². The molecule has 4 heteroatoms. The molecule has 0 aromatic heterocycles. The molecule has 0 aliphatic rings. The standard InChI is InChI=1S/C15H24N2O2/c1-4-9-17(10-5-2)15(19)16-14-8-6-7-13(11-14)12(3)18/h6-8,11-12,18H,4-5,9-10H2,1-3H3,(H,16,19). The van der Waals surface area contributed by atoms with Crippen LogP contribution in [0.15, 0.2) is 24.3 Å². The summed E-state index contributed by atoms with van der Waals surface area (Å²) >= 11 is 0. The van der Waals surface area contributed by atoms with E-state index in [1.165, 1.54) is 0 Å². The van der Waals surface area contributed by atoms with Crippen molar-refractivity contribution in [1.82, 2.24) is 4.90 Å². The quantitative estimate of drug-likeness (QED) is 0.827. The molecule has 4 nitrogen and oxygen atoms in total. The van der Waals surface area contributed by atoms with Gasteiger partial charge in [-0.3, -0.25) is 0 Å². The van der Waals surface area contributed by atoms with Crippen molar-refractivity contribution >= 4 is 11.7 Å². The summed E-state index contributed by atoms with van der Waals surface area (Å²) in [7, 11) is 0. The van der Waals surface area contributed by atoms with E-state index in [0.29, 0.717) is 0 Å². The molecular formula is C15H24N2O2.